The number of pyridine rings is 1. The summed E-state index contributed by atoms with van der Waals surface area (Å²) in [6.07, 6.45) is 5.08. The topological polar surface area (TPSA) is 35.9 Å². The summed E-state index contributed by atoms with van der Waals surface area (Å²) in [6.45, 7) is 5.58. The highest BCUT2D eigenvalue weighted by molar-refractivity contribution is 6.10. The molecule has 0 spiro atoms. The molecule has 3 aromatic heterocycles. The maximum absolute atomic E-state index is 9.10. The van der Waals surface area contributed by atoms with Gasteiger partial charge >= 0.3 is 0 Å². The molecule has 0 unspecified atom stereocenters. The maximum atomic E-state index is 9.10. The third kappa shape index (κ3) is 7.25. The standard InChI is InChI=1S/C60H48N4O/c1-40-32-58(61-38-41(40)2)64-54-31-28-45(42-18-9-6-10-19-42)33-53(54)52-30-29-48(37-57(52)64)65-49-35-46(60(3,4)5)34-47(36-49)62-39-63(56-27-16-15-26-55(56)62)59-50(43-20-11-7-12-21-43)24-17-25-51(59)44-22-13-8-14-23-44/h6-38H,1-5H3/i1D3,7D,8D,11D,12D,13D,14D,20D,21D,22D,23D. The Balaban J connectivity index is 1.12. The number of aryl methyl sites for hydroxylation is 2. The molecule has 0 bridgehead atoms. The zero-order chi connectivity index (χ0) is 55.4. The second-order valence-corrected chi connectivity index (χ2v) is 17.0. The first-order valence-electron chi connectivity index (χ1n) is 27.7. The Morgan fingerprint density at radius 3 is 2.05 bits per heavy atom. The molecule has 3 heterocycles. The van der Waals surface area contributed by atoms with Crippen molar-refractivity contribution in [3.05, 3.63) is 223 Å². The van der Waals surface area contributed by atoms with Crippen LogP contribution in [0.2, 0.25) is 0 Å². The van der Waals surface area contributed by atoms with E-state index in [-0.39, 0.29) is 33.5 Å². The van der Waals surface area contributed by atoms with Gasteiger partial charge in [-0.05, 0) is 118 Å². The van der Waals surface area contributed by atoms with Gasteiger partial charge in [-0.25, -0.2) is 4.98 Å². The van der Waals surface area contributed by atoms with Gasteiger partial charge in [0.2, 0.25) is 0 Å². The van der Waals surface area contributed by atoms with E-state index in [1.165, 1.54) is 0 Å². The van der Waals surface area contributed by atoms with Gasteiger partial charge in [-0.2, -0.15) is 0 Å². The minimum absolute atomic E-state index is 0.132. The maximum Gasteiger partial charge on any atom is 0.269 e. The van der Waals surface area contributed by atoms with Crippen LogP contribution in [0.25, 0.3) is 83.4 Å². The van der Waals surface area contributed by atoms with Crippen LogP contribution >= 0.6 is 0 Å². The number of hydrogen-bond acceptors (Lipinski definition) is 2. The van der Waals surface area contributed by atoms with Crippen LogP contribution in [-0.4, -0.2) is 14.1 Å². The number of rotatable bonds is 8. The number of para-hydroxylation sites is 3. The van der Waals surface area contributed by atoms with Crippen molar-refractivity contribution < 1.29 is 27.1 Å². The molecule has 65 heavy (non-hydrogen) atoms. The Hall–Kier alpha value is -8.02. The fraction of sp³-hybridized carbons (Fsp3) is 0.100. The molecule has 0 aliphatic carbocycles. The van der Waals surface area contributed by atoms with Gasteiger partial charge in [0.1, 0.15) is 17.3 Å². The molecule has 5 nitrogen and oxygen atoms in total. The Kier molecular flexibility index (Phi) is 6.85. The first-order valence-corrected chi connectivity index (χ1v) is 21.2. The van der Waals surface area contributed by atoms with Gasteiger partial charge in [0.05, 0.1) is 47.1 Å². The molecule has 0 radical (unpaired) electrons. The minimum atomic E-state index is -2.38. The number of ether oxygens (including phenoxy) is 1. The lowest BCUT2D eigenvalue weighted by molar-refractivity contribution is -0.571. The second-order valence-electron chi connectivity index (χ2n) is 17.0. The highest BCUT2D eigenvalue weighted by Gasteiger charge is 2.23. The first-order chi connectivity index (χ1) is 37.0. The smallest absolute Gasteiger partial charge is 0.269 e. The van der Waals surface area contributed by atoms with Gasteiger partial charge in [-0.15, -0.1) is 0 Å². The third-order valence-corrected chi connectivity index (χ3v) is 11.8. The number of hydrogen-bond donors (Lipinski definition) is 0. The Morgan fingerprint density at radius 1 is 0.600 bits per heavy atom. The lowest BCUT2D eigenvalue weighted by atomic mass is 9.86. The SMILES string of the molecule is [2H]c1c([2H])c([2H])c(-c2cccc(-c3c([2H])c([2H])c([2H])c([2H])c3[2H])c2-[n+]2[c-]n(-c3cc(Oc4ccc5c6cc(-c7ccccc7)ccc6n(-c6cc(C([2H])([2H])[2H])c(C)cn6)c5c4)cc(C(C)(C)C)c3)c3ccccc32)c([2H])c1[2H]. The Bertz CT molecular complexity index is 4150. The van der Waals surface area contributed by atoms with E-state index in [1.54, 1.807) is 46.5 Å². The molecule has 11 rings (SSSR count). The van der Waals surface area contributed by atoms with Gasteiger partial charge in [-0.1, -0.05) is 160 Å². The average Bonchev–Trinajstić information content (AvgIpc) is 4.12. The first kappa shape index (κ1) is 27.9. The van der Waals surface area contributed by atoms with Crippen molar-refractivity contribution >= 4 is 32.8 Å². The van der Waals surface area contributed by atoms with E-state index in [1.807, 2.05) is 95.6 Å². The molecule has 0 atom stereocenters. The van der Waals surface area contributed by atoms with Gasteiger partial charge in [0.15, 0.2) is 0 Å². The normalized spacial score (nSPS) is 14.8. The molecule has 0 N–H and O–H groups in total. The van der Waals surface area contributed by atoms with Crippen LogP contribution in [0.5, 0.6) is 11.5 Å². The number of aromatic nitrogens is 4. The molecule has 5 heteroatoms. The van der Waals surface area contributed by atoms with E-state index >= 15 is 0 Å². The minimum Gasteiger partial charge on any atom is -0.458 e. The predicted octanol–water partition coefficient (Wildman–Crippen LogP) is 14.9. The van der Waals surface area contributed by atoms with E-state index in [2.05, 4.69) is 45.3 Å². The van der Waals surface area contributed by atoms with E-state index in [9.17, 15) is 0 Å². The van der Waals surface area contributed by atoms with Crippen molar-refractivity contribution in [3.8, 4) is 62.1 Å². The van der Waals surface area contributed by atoms with Crippen LogP contribution < -0.4 is 9.30 Å². The summed E-state index contributed by atoms with van der Waals surface area (Å²) in [7, 11) is 0. The monoisotopic (exact) mass is 853 g/mol. The number of fused-ring (bicyclic) bond motifs is 4. The van der Waals surface area contributed by atoms with Crippen LogP contribution in [0.3, 0.4) is 0 Å². The van der Waals surface area contributed by atoms with Gasteiger partial charge in [-0.3, -0.25) is 13.7 Å². The van der Waals surface area contributed by atoms with Crippen molar-refractivity contribution in [3.63, 3.8) is 0 Å². The summed E-state index contributed by atoms with van der Waals surface area (Å²) in [6, 6.07) is 36.2. The number of nitrogens with zero attached hydrogens (tertiary/aromatic N) is 4. The second kappa shape index (κ2) is 16.0. The van der Waals surface area contributed by atoms with Gasteiger partial charge < -0.3 is 4.74 Å². The molecule has 0 aliphatic rings. The van der Waals surface area contributed by atoms with Crippen LogP contribution in [0, 0.1) is 20.1 Å². The summed E-state index contributed by atoms with van der Waals surface area (Å²) >= 11 is 0. The molecule has 8 aromatic carbocycles. The molecule has 11 aromatic rings. The van der Waals surface area contributed by atoms with E-state index in [0.29, 0.717) is 39.6 Å². The molecule has 0 saturated carbocycles. The quantitative estimate of drug-likeness (QED) is 0.113. The predicted molar refractivity (Wildman–Crippen MR) is 267 cm³/mol. The fourth-order valence-electron chi connectivity index (χ4n) is 8.47. The molecular formula is C60H48N4O. The van der Waals surface area contributed by atoms with E-state index in [0.717, 1.165) is 38.5 Å². The molecule has 0 fully saturated rings. The van der Waals surface area contributed by atoms with E-state index < -0.39 is 72.7 Å². The largest absolute Gasteiger partial charge is 0.458 e. The third-order valence-electron chi connectivity index (χ3n) is 11.8. The summed E-state index contributed by atoms with van der Waals surface area (Å²) < 4.78 is 125. The average molecular weight is 854 g/mol. The Labute approximate surface area is 398 Å². The zero-order valence-corrected chi connectivity index (χ0v) is 36.0. The molecule has 0 aliphatic heterocycles. The zero-order valence-electron chi connectivity index (χ0n) is 49.0. The summed E-state index contributed by atoms with van der Waals surface area (Å²) in [5, 5.41) is 1.82. The van der Waals surface area contributed by atoms with Crippen molar-refractivity contribution in [1.82, 2.24) is 14.1 Å². The lowest BCUT2D eigenvalue weighted by Gasteiger charge is -2.22. The van der Waals surface area contributed by atoms with Crippen LogP contribution in [-0.2, 0) is 5.41 Å². The van der Waals surface area contributed by atoms with Gasteiger partial charge in [0, 0.05) is 27.1 Å². The molecular weight excluding hydrogens is 793 g/mol. The van der Waals surface area contributed by atoms with Gasteiger partial charge in [0.25, 0.3) is 6.33 Å². The van der Waals surface area contributed by atoms with Crippen LogP contribution in [0.15, 0.2) is 200 Å². The molecule has 0 saturated heterocycles. The van der Waals surface area contributed by atoms with Crippen molar-refractivity contribution in [2.45, 2.75) is 40.0 Å². The Morgan fingerprint density at radius 2 is 1.32 bits per heavy atom. The van der Waals surface area contributed by atoms with Crippen LogP contribution in [0.1, 0.15) is 55.3 Å². The van der Waals surface area contributed by atoms with Crippen LogP contribution in [0.4, 0.5) is 0 Å². The number of benzene rings is 8. The van der Waals surface area contributed by atoms with E-state index in [4.69, 9.17) is 27.5 Å². The van der Waals surface area contributed by atoms with Crippen molar-refractivity contribution in [1.29, 1.82) is 0 Å². The van der Waals surface area contributed by atoms with Crippen molar-refractivity contribution in [2.75, 3.05) is 0 Å². The molecule has 0 amide bonds. The highest BCUT2D eigenvalue weighted by atomic mass is 16.5. The van der Waals surface area contributed by atoms with Crippen molar-refractivity contribution in [2.24, 2.45) is 0 Å². The summed E-state index contributed by atoms with van der Waals surface area (Å²) in [5.74, 6) is 1.36. The highest BCUT2D eigenvalue weighted by Crippen LogP contribution is 2.40. The summed E-state index contributed by atoms with van der Waals surface area (Å²) in [5.41, 5.74) is 6.63. The fourth-order valence-corrected chi connectivity index (χ4v) is 8.47. The lowest BCUT2D eigenvalue weighted by Crippen LogP contribution is -2.31. The summed E-state index contributed by atoms with van der Waals surface area (Å²) in [4.78, 5) is 4.78. The molecule has 314 valence electrons. The number of imidazole rings is 1.